The van der Waals surface area contributed by atoms with Crippen molar-refractivity contribution in [2.45, 2.75) is 83.1 Å². The molecule has 0 aromatic heterocycles. The monoisotopic (exact) mass is 569 g/mol. The summed E-state index contributed by atoms with van der Waals surface area (Å²) in [4.78, 5) is 43.9. The van der Waals surface area contributed by atoms with Gasteiger partial charge in [-0.15, -0.1) is 0 Å². The third-order valence-electron chi connectivity index (χ3n) is 10.3. The maximum Gasteiger partial charge on any atom is 0.246 e. The molecule has 1 aliphatic carbocycles. The second kappa shape index (κ2) is 11.3. The van der Waals surface area contributed by atoms with Crippen molar-refractivity contribution in [1.82, 2.24) is 10.2 Å². The van der Waals surface area contributed by atoms with Crippen molar-refractivity contribution < 1.29 is 19.1 Å². The van der Waals surface area contributed by atoms with Crippen LogP contribution in [0.1, 0.15) is 64.0 Å². The van der Waals surface area contributed by atoms with Crippen molar-refractivity contribution in [3.8, 4) is 0 Å². The summed E-state index contributed by atoms with van der Waals surface area (Å²) in [5.74, 6) is -0.813. The van der Waals surface area contributed by atoms with E-state index >= 15 is 0 Å². The Labute approximate surface area is 249 Å². The number of hydrogen-bond donors (Lipinski definition) is 2. The van der Waals surface area contributed by atoms with E-state index in [0.717, 1.165) is 24.8 Å². The van der Waals surface area contributed by atoms with Crippen LogP contribution in [0.3, 0.4) is 0 Å². The summed E-state index contributed by atoms with van der Waals surface area (Å²) in [6, 6.07) is 17.0. The molecular formula is C35H43N3O4. The third-order valence-corrected chi connectivity index (χ3v) is 10.3. The molecule has 2 N–H and O–H groups in total. The molecule has 0 radical (unpaired) electrons. The summed E-state index contributed by atoms with van der Waals surface area (Å²) in [7, 11) is 0. The van der Waals surface area contributed by atoms with Crippen LogP contribution >= 0.6 is 0 Å². The maximum atomic E-state index is 14.3. The third kappa shape index (κ3) is 4.96. The average Bonchev–Trinajstić information content (AvgIpc) is 3.62. The summed E-state index contributed by atoms with van der Waals surface area (Å²) < 4.78 is 6.53. The van der Waals surface area contributed by atoms with Crippen molar-refractivity contribution in [3.63, 3.8) is 0 Å². The van der Waals surface area contributed by atoms with Gasteiger partial charge in [-0.3, -0.25) is 14.4 Å². The standard InChI is InChI=1S/C35H43N3O4/c1-21(2)25-13-15-26(16-14-25)36-32(39)29-28-17-19-35(42-28)30(29)34(41)38(20-18-24-10-6-5-7-11-24)31(35)33(40)37-27-12-8-9-22(3)23(27)4/h5-7,10-11,13-17,19,21-23,27-31H,8-9,12,18,20H2,1-4H3,(H,36,39)(H,37,40)/t22-,23-,27+,28+,29-,30+,31+,35+/m0/s1. The van der Waals surface area contributed by atoms with Crippen LogP contribution in [-0.2, 0) is 25.5 Å². The van der Waals surface area contributed by atoms with Crippen LogP contribution in [0.5, 0.6) is 0 Å². The molecule has 6 rings (SSSR count). The van der Waals surface area contributed by atoms with E-state index < -0.39 is 29.6 Å². The molecule has 7 heteroatoms. The fraction of sp³-hybridized carbons (Fsp3) is 0.514. The van der Waals surface area contributed by atoms with E-state index in [4.69, 9.17) is 4.74 Å². The first-order valence-corrected chi connectivity index (χ1v) is 15.6. The molecule has 8 atom stereocenters. The van der Waals surface area contributed by atoms with E-state index in [-0.39, 0.29) is 23.8 Å². The number of fused-ring (bicyclic) bond motifs is 1. The molecule has 2 bridgehead atoms. The van der Waals surface area contributed by atoms with Crippen molar-refractivity contribution in [2.24, 2.45) is 23.7 Å². The lowest BCUT2D eigenvalue weighted by Gasteiger charge is -2.38. The summed E-state index contributed by atoms with van der Waals surface area (Å²) in [5.41, 5.74) is 1.81. The molecule has 1 spiro atoms. The predicted molar refractivity (Wildman–Crippen MR) is 163 cm³/mol. The number of amides is 3. The lowest BCUT2D eigenvalue weighted by Crippen LogP contribution is -2.58. The Bertz CT molecular complexity index is 1360. The normalized spacial score (nSPS) is 33.2. The van der Waals surface area contributed by atoms with E-state index in [1.807, 2.05) is 66.7 Å². The molecule has 0 unspecified atom stereocenters. The Hall–Kier alpha value is -3.45. The smallest absolute Gasteiger partial charge is 0.246 e. The number of nitrogens with one attached hydrogen (secondary N) is 2. The van der Waals surface area contributed by atoms with Gasteiger partial charge in [0.2, 0.25) is 17.7 Å². The Balaban J connectivity index is 1.28. The summed E-state index contributed by atoms with van der Waals surface area (Å²) in [5, 5.41) is 6.36. The number of carbonyl (C=O) groups is 3. The predicted octanol–water partition coefficient (Wildman–Crippen LogP) is 5.08. The van der Waals surface area contributed by atoms with Crippen LogP contribution in [0.4, 0.5) is 5.69 Å². The minimum atomic E-state index is -1.16. The maximum absolute atomic E-state index is 14.3. The van der Waals surface area contributed by atoms with Crippen molar-refractivity contribution in [1.29, 1.82) is 0 Å². The van der Waals surface area contributed by atoms with E-state index in [2.05, 4.69) is 38.3 Å². The zero-order chi connectivity index (χ0) is 29.6. The van der Waals surface area contributed by atoms with Crippen LogP contribution in [0.25, 0.3) is 0 Å². The van der Waals surface area contributed by atoms with Crippen molar-refractivity contribution in [2.75, 3.05) is 11.9 Å². The van der Waals surface area contributed by atoms with Gasteiger partial charge in [0.15, 0.2) is 0 Å². The minimum absolute atomic E-state index is 0.0539. The van der Waals surface area contributed by atoms with E-state index in [1.54, 1.807) is 4.90 Å². The van der Waals surface area contributed by atoms with E-state index in [0.29, 0.717) is 36.4 Å². The molecule has 3 fully saturated rings. The van der Waals surface area contributed by atoms with Gasteiger partial charge in [-0.2, -0.15) is 0 Å². The number of likely N-dealkylation sites (tertiary alicyclic amines) is 1. The van der Waals surface area contributed by atoms with Crippen LogP contribution in [-0.4, -0.2) is 53.0 Å². The highest BCUT2D eigenvalue weighted by Gasteiger charge is 2.72. The first kappa shape index (κ1) is 28.7. The average molecular weight is 570 g/mol. The van der Waals surface area contributed by atoms with Gasteiger partial charge in [-0.25, -0.2) is 0 Å². The van der Waals surface area contributed by atoms with Crippen LogP contribution in [0.2, 0.25) is 0 Å². The number of hydrogen-bond acceptors (Lipinski definition) is 4. The highest BCUT2D eigenvalue weighted by atomic mass is 16.5. The molecule has 2 saturated heterocycles. The summed E-state index contributed by atoms with van der Waals surface area (Å²) >= 11 is 0. The number of carbonyl (C=O) groups excluding carboxylic acids is 3. The Morgan fingerprint density at radius 1 is 1.02 bits per heavy atom. The summed E-state index contributed by atoms with van der Waals surface area (Å²) in [6.07, 6.45) is 7.00. The van der Waals surface area contributed by atoms with Crippen LogP contribution < -0.4 is 10.6 Å². The van der Waals surface area contributed by atoms with Gasteiger partial charge in [0.1, 0.15) is 11.6 Å². The van der Waals surface area contributed by atoms with Gasteiger partial charge in [0, 0.05) is 18.3 Å². The van der Waals surface area contributed by atoms with Gasteiger partial charge in [-0.05, 0) is 53.9 Å². The van der Waals surface area contributed by atoms with E-state index in [1.165, 1.54) is 5.56 Å². The quantitative estimate of drug-likeness (QED) is 0.434. The molecule has 1 saturated carbocycles. The number of benzene rings is 2. The fourth-order valence-corrected chi connectivity index (χ4v) is 7.63. The highest BCUT2D eigenvalue weighted by molar-refractivity contribution is 6.02. The zero-order valence-electron chi connectivity index (χ0n) is 25.1. The van der Waals surface area contributed by atoms with Crippen molar-refractivity contribution in [3.05, 3.63) is 77.9 Å². The largest absolute Gasteiger partial charge is 0.359 e. The Morgan fingerprint density at radius 3 is 2.48 bits per heavy atom. The van der Waals surface area contributed by atoms with Gasteiger partial charge in [0.05, 0.1) is 17.9 Å². The second-order valence-corrected chi connectivity index (χ2v) is 13.1. The topological polar surface area (TPSA) is 87.7 Å². The Morgan fingerprint density at radius 2 is 1.76 bits per heavy atom. The van der Waals surface area contributed by atoms with Gasteiger partial charge >= 0.3 is 0 Å². The molecule has 3 amide bonds. The van der Waals surface area contributed by atoms with E-state index in [9.17, 15) is 14.4 Å². The van der Waals surface area contributed by atoms with Crippen LogP contribution in [0, 0.1) is 23.7 Å². The van der Waals surface area contributed by atoms with Gasteiger partial charge in [-0.1, -0.05) is 95.2 Å². The lowest BCUT2D eigenvalue weighted by molar-refractivity contribution is -0.141. The lowest BCUT2D eigenvalue weighted by atomic mass is 9.73. The molecule has 3 aliphatic heterocycles. The molecule has 7 nitrogen and oxygen atoms in total. The molecule has 2 aromatic carbocycles. The molecule has 42 heavy (non-hydrogen) atoms. The highest BCUT2D eigenvalue weighted by Crippen LogP contribution is 2.55. The first-order valence-electron chi connectivity index (χ1n) is 15.6. The molecule has 3 heterocycles. The van der Waals surface area contributed by atoms with Gasteiger partial charge < -0.3 is 20.3 Å². The Kier molecular flexibility index (Phi) is 7.73. The van der Waals surface area contributed by atoms with Crippen molar-refractivity contribution >= 4 is 23.4 Å². The second-order valence-electron chi connectivity index (χ2n) is 13.1. The number of anilines is 1. The van der Waals surface area contributed by atoms with Crippen LogP contribution in [0.15, 0.2) is 66.7 Å². The SMILES string of the molecule is CC(C)c1ccc(NC(=O)[C@H]2[C@H]3C=C[C@@]4(O3)[C@H]2C(=O)N(CCc2ccccc2)[C@@H]4C(=O)N[C@@H]2CCC[C@H](C)[C@@H]2C)cc1. The summed E-state index contributed by atoms with van der Waals surface area (Å²) in [6.45, 7) is 9.08. The van der Waals surface area contributed by atoms with Gasteiger partial charge in [0.25, 0.3) is 0 Å². The molecule has 222 valence electrons. The number of ether oxygens (including phenoxy) is 1. The number of nitrogens with zero attached hydrogens (tertiary/aromatic N) is 1. The first-order chi connectivity index (χ1) is 20.2. The molecule has 4 aliphatic rings. The minimum Gasteiger partial charge on any atom is -0.359 e. The fourth-order valence-electron chi connectivity index (χ4n) is 7.63. The molecule has 2 aromatic rings. The zero-order valence-corrected chi connectivity index (χ0v) is 25.1. The number of rotatable bonds is 8. The molecular weight excluding hydrogens is 526 g/mol.